The molecule has 0 saturated carbocycles. The van der Waals surface area contributed by atoms with Crippen molar-refractivity contribution in [1.82, 2.24) is 20.0 Å². The molecule has 2 aromatic heterocycles. The molecule has 6 heteroatoms. The van der Waals surface area contributed by atoms with Crippen LogP contribution in [0.15, 0.2) is 23.0 Å². The molecular weight excluding hydrogens is 256 g/mol. The SMILES string of the molecule is COCc1cc(Cn2ccnc2CNC(C)(C)C)no1. The normalized spacial score (nSPS) is 12.0. The Morgan fingerprint density at radius 2 is 2.20 bits per heavy atom. The van der Waals surface area contributed by atoms with Crippen LogP contribution in [0.3, 0.4) is 0 Å². The van der Waals surface area contributed by atoms with Crippen molar-refractivity contribution < 1.29 is 9.26 Å². The molecule has 0 aliphatic rings. The number of rotatable bonds is 6. The summed E-state index contributed by atoms with van der Waals surface area (Å²) in [6, 6.07) is 1.91. The summed E-state index contributed by atoms with van der Waals surface area (Å²) < 4.78 is 12.3. The zero-order valence-electron chi connectivity index (χ0n) is 12.5. The van der Waals surface area contributed by atoms with Crippen molar-refractivity contribution in [1.29, 1.82) is 0 Å². The predicted octanol–water partition coefficient (Wildman–Crippen LogP) is 1.95. The number of imidazole rings is 1. The van der Waals surface area contributed by atoms with Crippen LogP contribution < -0.4 is 5.32 Å². The first-order valence-corrected chi connectivity index (χ1v) is 6.66. The zero-order valence-corrected chi connectivity index (χ0v) is 12.5. The van der Waals surface area contributed by atoms with Gasteiger partial charge in [0.1, 0.15) is 18.1 Å². The molecule has 0 aliphatic carbocycles. The quantitative estimate of drug-likeness (QED) is 0.875. The van der Waals surface area contributed by atoms with Crippen LogP contribution in [-0.2, 0) is 24.4 Å². The van der Waals surface area contributed by atoms with Crippen molar-refractivity contribution in [2.45, 2.75) is 46.0 Å². The second-order valence-electron chi connectivity index (χ2n) is 5.79. The molecule has 0 aromatic carbocycles. The molecule has 0 amide bonds. The molecule has 0 spiro atoms. The number of ether oxygens (including phenoxy) is 1. The molecule has 2 heterocycles. The zero-order chi connectivity index (χ0) is 14.6. The van der Waals surface area contributed by atoms with Crippen LogP contribution in [-0.4, -0.2) is 27.4 Å². The van der Waals surface area contributed by atoms with Gasteiger partial charge >= 0.3 is 0 Å². The van der Waals surface area contributed by atoms with Crippen molar-refractivity contribution in [2.75, 3.05) is 7.11 Å². The molecule has 0 saturated heterocycles. The van der Waals surface area contributed by atoms with Crippen LogP contribution in [0, 0.1) is 0 Å². The third kappa shape index (κ3) is 4.18. The highest BCUT2D eigenvalue weighted by Crippen LogP contribution is 2.09. The number of hydrogen-bond acceptors (Lipinski definition) is 5. The number of nitrogens with one attached hydrogen (secondary N) is 1. The average molecular weight is 278 g/mol. The van der Waals surface area contributed by atoms with Gasteiger partial charge in [-0.25, -0.2) is 4.98 Å². The van der Waals surface area contributed by atoms with Crippen LogP contribution in [0.1, 0.15) is 38.0 Å². The number of nitrogens with zero attached hydrogens (tertiary/aromatic N) is 3. The van der Waals surface area contributed by atoms with E-state index in [1.165, 1.54) is 0 Å². The largest absolute Gasteiger partial charge is 0.377 e. The Morgan fingerprint density at radius 3 is 2.90 bits per heavy atom. The van der Waals surface area contributed by atoms with Gasteiger partial charge in [-0.3, -0.25) is 0 Å². The minimum absolute atomic E-state index is 0.0658. The molecule has 20 heavy (non-hydrogen) atoms. The Hall–Kier alpha value is -1.66. The number of methoxy groups -OCH3 is 1. The average Bonchev–Trinajstić information content (AvgIpc) is 2.97. The third-order valence-electron chi connectivity index (χ3n) is 2.81. The highest BCUT2D eigenvalue weighted by Gasteiger charge is 2.12. The summed E-state index contributed by atoms with van der Waals surface area (Å²) in [4.78, 5) is 4.38. The second kappa shape index (κ2) is 6.19. The van der Waals surface area contributed by atoms with Gasteiger partial charge in [-0.2, -0.15) is 0 Å². The molecule has 110 valence electrons. The molecule has 0 fully saturated rings. The third-order valence-corrected chi connectivity index (χ3v) is 2.81. The van der Waals surface area contributed by atoms with Crippen molar-refractivity contribution >= 4 is 0 Å². The molecule has 0 atom stereocenters. The van der Waals surface area contributed by atoms with Crippen molar-refractivity contribution in [3.63, 3.8) is 0 Å². The van der Waals surface area contributed by atoms with Gasteiger partial charge in [0, 0.05) is 31.1 Å². The van der Waals surface area contributed by atoms with Crippen molar-refractivity contribution in [3.05, 3.63) is 35.7 Å². The molecule has 0 aliphatic heterocycles. The summed E-state index contributed by atoms with van der Waals surface area (Å²) in [6.07, 6.45) is 3.75. The highest BCUT2D eigenvalue weighted by molar-refractivity contribution is 5.07. The summed E-state index contributed by atoms with van der Waals surface area (Å²) in [7, 11) is 1.63. The van der Waals surface area contributed by atoms with Crippen LogP contribution in [0.5, 0.6) is 0 Å². The summed E-state index contributed by atoms with van der Waals surface area (Å²) >= 11 is 0. The molecule has 0 unspecified atom stereocenters. The van der Waals surface area contributed by atoms with Gasteiger partial charge in [0.05, 0.1) is 13.1 Å². The van der Waals surface area contributed by atoms with Crippen LogP contribution >= 0.6 is 0 Å². The molecule has 1 N–H and O–H groups in total. The number of hydrogen-bond donors (Lipinski definition) is 1. The Kier molecular flexibility index (Phi) is 4.57. The van der Waals surface area contributed by atoms with Gasteiger partial charge in [0.2, 0.25) is 0 Å². The van der Waals surface area contributed by atoms with Gasteiger partial charge in [0.25, 0.3) is 0 Å². The van der Waals surface area contributed by atoms with Crippen molar-refractivity contribution in [2.24, 2.45) is 0 Å². The first-order chi connectivity index (χ1) is 9.48. The van der Waals surface area contributed by atoms with Crippen LogP contribution in [0.25, 0.3) is 0 Å². The number of aromatic nitrogens is 3. The van der Waals surface area contributed by atoms with E-state index in [2.05, 4.69) is 40.8 Å². The van der Waals surface area contributed by atoms with Gasteiger partial charge in [-0.15, -0.1) is 0 Å². The topological polar surface area (TPSA) is 65.1 Å². The summed E-state index contributed by atoms with van der Waals surface area (Å²) in [5, 5.41) is 7.46. The Balaban J connectivity index is 2.00. The molecule has 0 bridgehead atoms. The lowest BCUT2D eigenvalue weighted by Crippen LogP contribution is -2.36. The van der Waals surface area contributed by atoms with E-state index < -0.39 is 0 Å². The van der Waals surface area contributed by atoms with Gasteiger partial charge < -0.3 is 19.1 Å². The fourth-order valence-electron chi connectivity index (χ4n) is 1.81. The van der Waals surface area contributed by atoms with E-state index in [0.29, 0.717) is 13.2 Å². The van der Waals surface area contributed by atoms with E-state index >= 15 is 0 Å². The maximum absolute atomic E-state index is 5.18. The van der Waals surface area contributed by atoms with E-state index in [-0.39, 0.29) is 5.54 Å². The van der Waals surface area contributed by atoms with Gasteiger partial charge in [-0.1, -0.05) is 5.16 Å². The minimum Gasteiger partial charge on any atom is -0.377 e. The molecule has 2 aromatic rings. The van der Waals surface area contributed by atoms with E-state index in [0.717, 1.165) is 23.8 Å². The first kappa shape index (κ1) is 14.7. The first-order valence-electron chi connectivity index (χ1n) is 6.66. The monoisotopic (exact) mass is 278 g/mol. The lowest BCUT2D eigenvalue weighted by atomic mass is 10.1. The lowest BCUT2D eigenvalue weighted by Gasteiger charge is -2.20. The second-order valence-corrected chi connectivity index (χ2v) is 5.79. The van der Waals surface area contributed by atoms with E-state index in [9.17, 15) is 0 Å². The van der Waals surface area contributed by atoms with Crippen LogP contribution in [0.4, 0.5) is 0 Å². The van der Waals surface area contributed by atoms with E-state index in [1.807, 2.05) is 12.3 Å². The molecule has 0 radical (unpaired) electrons. The van der Waals surface area contributed by atoms with Crippen molar-refractivity contribution in [3.8, 4) is 0 Å². The van der Waals surface area contributed by atoms with Gasteiger partial charge in [-0.05, 0) is 20.8 Å². The Morgan fingerprint density at radius 1 is 1.40 bits per heavy atom. The van der Waals surface area contributed by atoms with Gasteiger partial charge in [0.15, 0.2) is 5.76 Å². The highest BCUT2D eigenvalue weighted by atomic mass is 16.5. The fraction of sp³-hybridized carbons (Fsp3) is 0.571. The maximum Gasteiger partial charge on any atom is 0.162 e. The molecule has 2 rings (SSSR count). The summed E-state index contributed by atoms with van der Waals surface area (Å²) in [5.41, 5.74) is 0.933. The molecular formula is C14H22N4O2. The summed E-state index contributed by atoms with van der Waals surface area (Å²) in [6.45, 7) is 8.21. The summed E-state index contributed by atoms with van der Waals surface area (Å²) in [5.74, 6) is 1.72. The van der Waals surface area contributed by atoms with E-state index in [1.54, 1.807) is 13.3 Å². The smallest absolute Gasteiger partial charge is 0.162 e. The Bertz CT molecular complexity index is 539. The van der Waals surface area contributed by atoms with Crippen LogP contribution in [0.2, 0.25) is 0 Å². The lowest BCUT2D eigenvalue weighted by molar-refractivity contribution is 0.155. The fourth-order valence-corrected chi connectivity index (χ4v) is 1.81. The maximum atomic E-state index is 5.18. The molecule has 6 nitrogen and oxygen atoms in total. The predicted molar refractivity (Wildman–Crippen MR) is 75.1 cm³/mol. The van der Waals surface area contributed by atoms with E-state index in [4.69, 9.17) is 9.26 Å². The minimum atomic E-state index is 0.0658. The Labute approximate surface area is 119 Å². The standard InChI is InChI=1S/C14H22N4O2/c1-14(2,3)16-8-13-15-5-6-18(13)9-11-7-12(10-19-4)20-17-11/h5-7,16H,8-10H2,1-4H3.